The van der Waals surface area contributed by atoms with Gasteiger partial charge in [0.1, 0.15) is 5.75 Å². The van der Waals surface area contributed by atoms with Gasteiger partial charge in [-0.2, -0.15) is 0 Å². The van der Waals surface area contributed by atoms with Crippen molar-refractivity contribution in [2.45, 2.75) is 36.6 Å². The predicted octanol–water partition coefficient (Wildman–Crippen LogP) is 5.30. The van der Waals surface area contributed by atoms with E-state index in [2.05, 4.69) is 70.5 Å². The van der Waals surface area contributed by atoms with E-state index >= 15 is 0 Å². The van der Waals surface area contributed by atoms with Gasteiger partial charge in [-0.3, -0.25) is 0 Å². The van der Waals surface area contributed by atoms with E-state index in [1.54, 1.807) is 0 Å². The summed E-state index contributed by atoms with van der Waals surface area (Å²) in [6.45, 7) is 0. The van der Waals surface area contributed by atoms with Crippen molar-refractivity contribution in [3.05, 3.63) is 65.7 Å². The zero-order valence-corrected chi connectivity index (χ0v) is 13.1. The number of hydrogen-bond donors (Lipinski definition) is 0. The van der Waals surface area contributed by atoms with Crippen LogP contribution >= 0.6 is 15.9 Å². The molecule has 104 valence electrons. The highest BCUT2D eigenvalue weighted by molar-refractivity contribution is 9.09. The van der Waals surface area contributed by atoms with Crippen LogP contribution < -0.4 is 4.74 Å². The Morgan fingerprint density at radius 2 is 1.70 bits per heavy atom. The van der Waals surface area contributed by atoms with Crippen molar-refractivity contribution in [3.8, 4) is 5.75 Å². The number of alkyl halides is 1. The van der Waals surface area contributed by atoms with Crippen molar-refractivity contribution in [3.63, 3.8) is 0 Å². The van der Waals surface area contributed by atoms with Crippen molar-refractivity contribution in [2.24, 2.45) is 0 Å². The normalized spacial score (nSPS) is 15.8. The summed E-state index contributed by atoms with van der Waals surface area (Å²) in [4.78, 5) is 0.422. The van der Waals surface area contributed by atoms with Crippen molar-refractivity contribution in [2.75, 3.05) is 0 Å². The second-order valence-corrected chi connectivity index (χ2v) is 6.48. The first-order valence-corrected chi connectivity index (χ1v) is 8.17. The van der Waals surface area contributed by atoms with E-state index < -0.39 is 0 Å². The van der Waals surface area contributed by atoms with E-state index in [1.807, 2.05) is 0 Å². The molecule has 0 saturated heterocycles. The molecule has 20 heavy (non-hydrogen) atoms. The molecule has 2 aromatic carbocycles. The van der Waals surface area contributed by atoms with Gasteiger partial charge in [-0.1, -0.05) is 58.4 Å². The summed E-state index contributed by atoms with van der Waals surface area (Å²) < 4.78 is 5.77. The molecule has 0 aliphatic heterocycles. The van der Waals surface area contributed by atoms with E-state index in [4.69, 9.17) is 4.74 Å². The van der Waals surface area contributed by atoms with Crippen LogP contribution in [-0.4, -0.2) is 6.10 Å². The second-order valence-electron chi connectivity index (χ2n) is 5.38. The van der Waals surface area contributed by atoms with Crippen LogP contribution in [0.4, 0.5) is 0 Å². The molecule has 0 amide bonds. The topological polar surface area (TPSA) is 9.23 Å². The molecule has 0 radical (unpaired) electrons. The molecule has 1 aliphatic rings. The Bertz CT molecular complexity index is 531. The quantitative estimate of drug-likeness (QED) is 0.653. The molecule has 1 aliphatic carbocycles. The van der Waals surface area contributed by atoms with Crippen LogP contribution in [0.15, 0.2) is 54.6 Å². The molecular weight excluding hydrogens is 312 g/mol. The fourth-order valence-electron chi connectivity index (χ4n) is 2.23. The maximum Gasteiger partial charge on any atom is 0.119 e. The predicted molar refractivity (Wildman–Crippen MR) is 86.5 cm³/mol. The number of rotatable bonds is 6. The third kappa shape index (κ3) is 3.86. The SMILES string of the molecule is BrC(CCc1ccc(OC2CC2)cc1)c1ccccc1. The summed E-state index contributed by atoms with van der Waals surface area (Å²) in [7, 11) is 0. The van der Waals surface area contributed by atoms with E-state index in [-0.39, 0.29) is 0 Å². The number of hydrogen-bond acceptors (Lipinski definition) is 1. The van der Waals surface area contributed by atoms with Crippen LogP contribution in [0.3, 0.4) is 0 Å². The van der Waals surface area contributed by atoms with Gasteiger partial charge in [0.15, 0.2) is 0 Å². The maximum absolute atomic E-state index is 5.77. The molecule has 2 aromatic rings. The highest BCUT2D eigenvalue weighted by Crippen LogP contribution is 2.29. The first-order chi connectivity index (χ1) is 9.81. The smallest absolute Gasteiger partial charge is 0.119 e. The highest BCUT2D eigenvalue weighted by atomic mass is 79.9. The van der Waals surface area contributed by atoms with Crippen LogP contribution in [0.5, 0.6) is 5.75 Å². The summed E-state index contributed by atoms with van der Waals surface area (Å²) in [5.41, 5.74) is 2.72. The third-order valence-electron chi connectivity index (χ3n) is 3.60. The lowest BCUT2D eigenvalue weighted by atomic mass is 10.0. The summed E-state index contributed by atoms with van der Waals surface area (Å²) >= 11 is 3.77. The van der Waals surface area contributed by atoms with Gasteiger partial charge in [0, 0.05) is 4.83 Å². The molecule has 2 heteroatoms. The molecular formula is C18H19BrO. The lowest BCUT2D eigenvalue weighted by Crippen LogP contribution is -1.96. The number of ether oxygens (including phenoxy) is 1. The van der Waals surface area contributed by atoms with Crippen LogP contribution in [0.2, 0.25) is 0 Å². The Labute approximate surface area is 129 Å². The summed E-state index contributed by atoms with van der Waals surface area (Å²) in [5, 5.41) is 0. The van der Waals surface area contributed by atoms with Crippen LogP contribution in [0.1, 0.15) is 35.2 Å². The third-order valence-corrected chi connectivity index (χ3v) is 4.58. The van der Waals surface area contributed by atoms with E-state index in [9.17, 15) is 0 Å². The summed E-state index contributed by atoms with van der Waals surface area (Å²) in [6, 6.07) is 19.1. The van der Waals surface area contributed by atoms with Crippen LogP contribution in [0.25, 0.3) is 0 Å². The molecule has 1 atom stereocenters. The van der Waals surface area contributed by atoms with E-state index in [0.29, 0.717) is 10.9 Å². The first-order valence-electron chi connectivity index (χ1n) is 7.26. The standard InChI is InChI=1S/C18H19BrO/c19-18(15-4-2-1-3-5-15)13-8-14-6-9-16(10-7-14)20-17-11-12-17/h1-7,9-10,17-18H,8,11-13H2. The van der Waals surface area contributed by atoms with Gasteiger partial charge < -0.3 is 4.74 Å². The lowest BCUT2D eigenvalue weighted by molar-refractivity contribution is 0.303. The number of aryl methyl sites for hydroxylation is 1. The van der Waals surface area contributed by atoms with Gasteiger partial charge in [0.25, 0.3) is 0 Å². The second kappa shape index (κ2) is 6.45. The molecule has 0 N–H and O–H groups in total. The average molecular weight is 331 g/mol. The van der Waals surface area contributed by atoms with Crippen molar-refractivity contribution in [1.29, 1.82) is 0 Å². The molecule has 1 fully saturated rings. The zero-order chi connectivity index (χ0) is 13.8. The Kier molecular flexibility index (Phi) is 4.41. The largest absolute Gasteiger partial charge is 0.490 e. The molecule has 1 unspecified atom stereocenters. The molecule has 3 rings (SSSR count). The zero-order valence-electron chi connectivity index (χ0n) is 11.5. The van der Waals surface area contributed by atoms with Crippen molar-refractivity contribution >= 4 is 15.9 Å². The minimum atomic E-state index is 0.422. The number of benzene rings is 2. The van der Waals surface area contributed by atoms with Gasteiger partial charge in [-0.05, 0) is 48.9 Å². The molecule has 0 spiro atoms. The summed E-state index contributed by atoms with van der Waals surface area (Å²) in [6.07, 6.45) is 5.08. The van der Waals surface area contributed by atoms with E-state index in [0.717, 1.165) is 18.6 Å². The summed E-state index contributed by atoms with van der Waals surface area (Å²) in [5.74, 6) is 1.01. The Morgan fingerprint density at radius 1 is 1.00 bits per heavy atom. The van der Waals surface area contributed by atoms with Crippen molar-refractivity contribution < 1.29 is 4.74 Å². The molecule has 0 bridgehead atoms. The lowest BCUT2D eigenvalue weighted by Gasteiger charge is -2.10. The van der Waals surface area contributed by atoms with E-state index in [1.165, 1.54) is 24.0 Å². The maximum atomic E-state index is 5.77. The van der Waals surface area contributed by atoms with Gasteiger partial charge in [0.2, 0.25) is 0 Å². The fraction of sp³-hybridized carbons (Fsp3) is 0.333. The van der Waals surface area contributed by atoms with Crippen LogP contribution in [0, 0.1) is 0 Å². The Balaban J connectivity index is 1.52. The molecule has 1 saturated carbocycles. The monoisotopic (exact) mass is 330 g/mol. The molecule has 0 heterocycles. The Hall–Kier alpha value is -1.28. The van der Waals surface area contributed by atoms with Gasteiger partial charge in [0.05, 0.1) is 6.10 Å². The molecule has 0 aromatic heterocycles. The van der Waals surface area contributed by atoms with Gasteiger partial charge in [-0.15, -0.1) is 0 Å². The Morgan fingerprint density at radius 3 is 2.35 bits per heavy atom. The molecule has 1 nitrogen and oxygen atoms in total. The first kappa shape index (κ1) is 13.7. The highest BCUT2D eigenvalue weighted by Gasteiger charge is 2.23. The fourth-order valence-corrected chi connectivity index (χ4v) is 2.77. The number of halogens is 1. The van der Waals surface area contributed by atoms with Gasteiger partial charge in [-0.25, -0.2) is 0 Å². The van der Waals surface area contributed by atoms with Gasteiger partial charge >= 0.3 is 0 Å². The van der Waals surface area contributed by atoms with Crippen molar-refractivity contribution in [1.82, 2.24) is 0 Å². The minimum Gasteiger partial charge on any atom is -0.490 e. The minimum absolute atomic E-state index is 0.422. The average Bonchev–Trinajstić information content (AvgIpc) is 3.31. The van der Waals surface area contributed by atoms with Crippen LogP contribution in [-0.2, 0) is 6.42 Å².